The highest BCUT2D eigenvalue weighted by atomic mass is 16.5. The van der Waals surface area contributed by atoms with Crippen LogP contribution in [0.2, 0.25) is 0 Å². The third kappa shape index (κ3) is 1.82. The van der Waals surface area contributed by atoms with Crippen molar-refractivity contribution in [1.82, 2.24) is 14.7 Å². The van der Waals surface area contributed by atoms with Crippen LogP contribution in [0.3, 0.4) is 0 Å². The fraction of sp³-hybridized carbons (Fsp3) is 0.143. The minimum atomic E-state index is 0.603. The van der Waals surface area contributed by atoms with Gasteiger partial charge in [0.1, 0.15) is 11.3 Å². The maximum atomic E-state index is 9.83. The predicted octanol–water partition coefficient (Wildman–Crippen LogP) is 2.57. The molecule has 0 bridgehead atoms. The maximum Gasteiger partial charge on any atom is 0.142 e. The summed E-state index contributed by atoms with van der Waals surface area (Å²) >= 11 is 0. The zero-order valence-electron chi connectivity index (χ0n) is 10.0. The Bertz CT molecular complexity index is 689. The summed E-state index contributed by atoms with van der Waals surface area (Å²) in [6.07, 6.45) is 4.39. The van der Waals surface area contributed by atoms with Crippen LogP contribution in [0.4, 0.5) is 0 Å². The minimum Gasteiger partial charge on any atom is -0.427 e. The molecular formula is C14H13N3O. The number of aryl methyl sites for hydroxylation is 1. The fourth-order valence-corrected chi connectivity index (χ4v) is 2.08. The van der Waals surface area contributed by atoms with Gasteiger partial charge in [-0.3, -0.25) is 4.98 Å². The summed E-state index contributed by atoms with van der Waals surface area (Å²) in [5.74, 6) is 0.603. The Morgan fingerprint density at radius 1 is 1.11 bits per heavy atom. The van der Waals surface area contributed by atoms with E-state index in [0.717, 1.165) is 27.7 Å². The van der Waals surface area contributed by atoms with Crippen molar-refractivity contribution >= 4 is 11.0 Å². The molecule has 0 aliphatic carbocycles. The second-order valence-corrected chi connectivity index (χ2v) is 4.33. The van der Waals surface area contributed by atoms with E-state index in [1.54, 1.807) is 19.3 Å². The van der Waals surface area contributed by atoms with Gasteiger partial charge in [-0.1, -0.05) is 6.07 Å². The molecule has 0 amide bonds. The van der Waals surface area contributed by atoms with Crippen LogP contribution in [0, 0.1) is 6.92 Å². The highest BCUT2D eigenvalue weighted by Gasteiger charge is 2.07. The summed E-state index contributed by atoms with van der Waals surface area (Å²) in [5.41, 5.74) is 3.90. The van der Waals surface area contributed by atoms with Gasteiger partial charge in [0.2, 0.25) is 0 Å². The van der Waals surface area contributed by atoms with Crippen molar-refractivity contribution in [2.45, 2.75) is 13.3 Å². The van der Waals surface area contributed by atoms with Gasteiger partial charge in [0.15, 0.2) is 0 Å². The largest absolute Gasteiger partial charge is 0.427 e. The van der Waals surface area contributed by atoms with Gasteiger partial charge in [-0.05, 0) is 48.7 Å². The molecule has 2 heterocycles. The van der Waals surface area contributed by atoms with Gasteiger partial charge in [-0.2, -0.15) is 4.73 Å². The third-order valence-corrected chi connectivity index (χ3v) is 3.01. The first-order chi connectivity index (χ1) is 8.74. The number of rotatable bonds is 2. The highest BCUT2D eigenvalue weighted by Crippen LogP contribution is 2.18. The van der Waals surface area contributed by atoms with E-state index in [1.165, 1.54) is 5.56 Å². The minimum absolute atomic E-state index is 0.603. The normalized spacial score (nSPS) is 10.9. The smallest absolute Gasteiger partial charge is 0.142 e. The summed E-state index contributed by atoms with van der Waals surface area (Å²) in [5, 5.41) is 9.83. The van der Waals surface area contributed by atoms with E-state index in [1.807, 2.05) is 30.3 Å². The lowest BCUT2D eigenvalue weighted by molar-refractivity contribution is 0.191. The molecule has 0 saturated heterocycles. The maximum absolute atomic E-state index is 9.83. The summed E-state index contributed by atoms with van der Waals surface area (Å²) in [4.78, 5) is 8.26. The Kier molecular flexibility index (Phi) is 2.48. The average Bonchev–Trinajstić information content (AvgIpc) is 2.67. The van der Waals surface area contributed by atoms with Crippen LogP contribution in [0.5, 0.6) is 0 Å². The van der Waals surface area contributed by atoms with E-state index in [2.05, 4.69) is 9.97 Å². The fourth-order valence-electron chi connectivity index (χ4n) is 2.08. The van der Waals surface area contributed by atoms with Crippen molar-refractivity contribution in [2.75, 3.05) is 0 Å². The van der Waals surface area contributed by atoms with Crippen LogP contribution in [0.1, 0.15) is 17.0 Å². The monoisotopic (exact) mass is 239 g/mol. The van der Waals surface area contributed by atoms with Crippen LogP contribution in [-0.2, 0) is 6.42 Å². The Balaban J connectivity index is 2.01. The summed E-state index contributed by atoms with van der Waals surface area (Å²) < 4.78 is 1.13. The number of fused-ring (bicyclic) bond motifs is 1. The van der Waals surface area contributed by atoms with E-state index >= 15 is 0 Å². The van der Waals surface area contributed by atoms with Crippen LogP contribution in [0.25, 0.3) is 11.0 Å². The van der Waals surface area contributed by atoms with E-state index < -0.39 is 0 Å². The number of nitrogens with zero attached hydrogens (tertiary/aromatic N) is 3. The Labute approximate surface area is 105 Å². The molecule has 1 N–H and O–H groups in total. The number of aromatic nitrogens is 3. The second-order valence-electron chi connectivity index (χ2n) is 4.33. The van der Waals surface area contributed by atoms with Gasteiger partial charge in [0.05, 0.1) is 5.52 Å². The molecule has 0 aliphatic heterocycles. The van der Waals surface area contributed by atoms with Crippen LogP contribution in [-0.4, -0.2) is 19.9 Å². The summed E-state index contributed by atoms with van der Waals surface area (Å²) in [7, 11) is 0. The zero-order chi connectivity index (χ0) is 12.5. The third-order valence-electron chi connectivity index (χ3n) is 3.01. The van der Waals surface area contributed by atoms with Gasteiger partial charge in [0, 0.05) is 12.4 Å². The predicted molar refractivity (Wildman–Crippen MR) is 68.7 cm³/mol. The number of hydrogen-bond acceptors (Lipinski definition) is 3. The molecule has 18 heavy (non-hydrogen) atoms. The van der Waals surface area contributed by atoms with Gasteiger partial charge in [0.25, 0.3) is 0 Å². The number of imidazole rings is 1. The van der Waals surface area contributed by atoms with Crippen molar-refractivity contribution < 1.29 is 5.21 Å². The first-order valence-corrected chi connectivity index (χ1v) is 5.80. The van der Waals surface area contributed by atoms with Gasteiger partial charge in [-0.15, -0.1) is 0 Å². The Hall–Kier alpha value is -2.36. The lowest BCUT2D eigenvalue weighted by atomic mass is 10.1. The Morgan fingerprint density at radius 3 is 2.67 bits per heavy atom. The molecule has 90 valence electrons. The lowest BCUT2D eigenvalue weighted by Crippen LogP contribution is -1.93. The molecule has 0 fully saturated rings. The van der Waals surface area contributed by atoms with Crippen molar-refractivity contribution in [1.29, 1.82) is 0 Å². The van der Waals surface area contributed by atoms with Crippen molar-refractivity contribution in [3.05, 3.63) is 59.7 Å². The van der Waals surface area contributed by atoms with Gasteiger partial charge >= 0.3 is 0 Å². The SMILES string of the molecule is Cc1nc2ccc(Cc3ccncc3)cc2n1O. The molecule has 0 atom stereocenters. The molecule has 4 nitrogen and oxygen atoms in total. The molecule has 4 heteroatoms. The number of pyridine rings is 1. The Morgan fingerprint density at radius 2 is 1.89 bits per heavy atom. The highest BCUT2D eigenvalue weighted by molar-refractivity contribution is 5.76. The van der Waals surface area contributed by atoms with Gasteiger partial charge < -0.3 is 5.21 Å². The van der Waals surface area contributed by atoms with E-state index in [9.17, 15) is 5.21 Å². The standard InChI is InChI=1S/C14H13N3O/c1-10-16-13-3-2-12(9-14(13)17(10)18)8-11-4-6-15-7-5-11/h2-7,9,18H,8H2,1H3. The molecule has 0 radical (unpaired) electrons. The molecular weight excluding hydrogens is 226 g/mol. The van der Waals surface area contributed by atoms with E-state index in [-0.39, 0.29) is 0 Å². The molecule has 3 aromatic rings. The van der Waals surface area contributed by atoms with E-state index in [0.29, 0.717) is 5.82 Å². The lowest BCUT2D eigenvalue weighted by Gasteiger charge is -2.02. The van der Waals surface area contributed by atoms with Crippen LogP contribution < -0.4 is 0 Å². The molecule has 2 aromatic heterocycles. The van der Waals surface area contributed by atoms with Gasteiger partial charge in [-0.25, -0.2) is 4.98 Å². The topological polar surface area (TPSA) is 50.9 Å². The number of benzene rings is 1. The molecule has 0 unspecified atom stereocenters. The first kappa shape index (κ1) is 10.8. The number of hydrogen-bond donors (Lipinski definition) is 1. The molecule has 1 aromatic carbocycles. The summed E-state index contributed by atoms with van der Waals surface area (Å²) in [6.45, 7) is 1.78. The average molecular weight is 239 g/mol. The molecule has 3 rings (SSSR count). The summed E-state index contributed by atoms with van der Waals surface area (Å²) in [6, 6.07) is 9.92. The van der Waals surface area contributed by atoms with Crippen molar-refractivity contribution in [3.8, 4) is 0 Å². The van der Waals surface area contributed by atoms with Crippen LogP contribution in [0.15, 0.2) is 42.7 Å². The van der Waals surface area contributed by atoms with E-state index in [4.69, 9.17) is 0 Å². The zero-order valence-corrected chi connectivity index (χ0v) is 10.0. The molecule has 0 spiro atoms. The van der Waals surface area contributed by atoms with Crippen molar-refractivity contribution in [2.24, 2.45) is 0 Å². The quantitative estimate of drug-likeness (QED) is 0.699. The van der Waals surface area contributed by atoms with Crippen molar-refractivity contribution in [3.63, 3.8) is 0 Å². The molecule has 0 aliphatic rings. The first-order valence-electron chi connectivity index (χ1n) is 5.80. The van der Waals surface area contributed by atoms with Crippen LogP contribution >= 0.6 is 0 Å². The second kappa shape index (κ2) is 4.14. The molecule has 0 saturated carbocycles.